The van der Waals surface area contributed by atoms with E-state index in [2.05, 4.69) is 24.1 Å². The zero-order valence-corrected chi connectivity index (χ0v) is 11.1. The molecule has 5 nitrogen and oxygen atoms in total. The molecular weight excluding hydrogens is 232 g/mol. The zero-order chi connectivity index (χ0) is 13.1. The topological polar surface area (TPSA) is 64.4 Å². The first-order valence-corrected chi connectivity index (χ1v) is 6.39. The number of nitrogens with zero attached hydrogens (tertiary/aromatic N) is 1. The molecule has 5 heteroatoms. The van der Waals surface area contributed by atoms with Crippen LogP contribution >= 0.6 is 0 Å². The molecule has 2 rings (SSSR count). The summed E-state index contributed by atoms with van der Waals surface area (Å²) < 4.78 is 10.7. The van der Waals surface area contributed by atoms with E-state index in [0.717, 1.165) is 13.0 Å². The number of oxazole rings is 1. The quantitative estimate of drug-likeness (QED) is 0.887. The molecule has 1 aromatic heterocycles. The second-order valence-electron chi connectivity index (χ2n) is 5.10. The molecule has 1 N–H and O–H groups in total. The van der Waals surface area contributed by atoms with Crippen molar-refractivity contribution in [3.05, 3.63) is 17.8 Å². The first kappa shape index (κ1) is 13.1. The van der Waals surface area contributed by atoms with Crippen molar-refractivity contribution < 1.29 is 13.9 Å². The van der Waals surface area contributed by atoms with Crippen LogP contribution < -0.4 is 5.32 Å². The summed E-state index contributed by atoms with van der Waals surface area (Å²) in [5.74, 6) is 1.25. The van der Waals surface area contributed by atoms with Crippen molar-refractivity contribution in [1.82, 2.24) is 10.3 Å². The van der Waals surface area contributed by atoms with Gasteiger partial charge in [0.25, 0.3) is 5.91 Å². The van der Waals surface area contributed by atoms with Crippen LogP contribution in [0, 0.1) is 18.8 Å². The van der Waals surface area contributed by atoms with Crippen molar-refractivity contribution in [2.24, 2.45) is 11.8 Å². The molecule has 0 unspecified atom stereocenters. The number of nitrogens with one attached hydrogen (secondary N) is 1. The van der Waals surface area contributed by atoms with Crippen LogP contribution in [0.3, 0.4) is 0 Å². The van der Waals surface area contributed by atoms with E-state index in [-0.39, 0.29) is 12.0 Å². The summed E-state index contributed by atoms with van der Waals surface area (Å²) in [6, 6.07) is 0. The summed E-state index contributed by atoms with van der Waals surface area (Å²) in [5.41, 5.74) is 0.370. The summed E-state index contributed by atoms with van der Waals surface area (Å²) >= 11 is 0. The molecule has 0 bridgehead atoms. The van der Waals surface area contributed by atoms with E-state index in [0.29, 0.717) is 29.8 Å². The first-order valence-electron chi connectivity index (χ1n) is 6.39. The maximum atomic E-state index is 11.9. The molecule has 1 saturated heterocycles. The summed E-state index contributed by atoms with van der Waals surface area (Å²) in [4.78, 5) is 15.8. The Labute approximate surface area is 107 Å². The minimum absolute atomic E-state index is 0.171. The van der Waals surface area contributed by atoms with E-state index in [1.54, 1.807) is 6.92 Å². The van der Waals surface area contributed by atoms with Crippen LogP contribution in [-0.2, 0) is 4.74 Å². The molecule has 0 aliphatic carbocycles. The predicted molar refractivity (Wildman–Crippen MR) is 66.3 cm³/mol. The molecule has 0 saturated carbocycles. The highest BCUT2D eigenvalue weighted by Crippen LogP contribution is 2.26. The highest BCUT2D eigenvalue weighted by atomic mass is 16.5. The van der Waals surface area contributed by atoms with Crippen molar-refractivity contribution in [3.63, 3.8) is 0 Å². The maximum Gasteiger partial charge on any atom is 0.273 e. The van der Waals surface area contributed by atoms with Gasteiger partial charge < -0.3 is 14.5 Å². The Kier molecular flexibility index (Phi) is 4.01. The number of aromatic nitrogens is 1. The van der Waals surface area contributed by atoms with Gasteiger partial charge >= 0.3 is 0 Å². The second kappa shape index (κ2) is 5.52. The average molecular weight is 252 g/mol. The molecule has 100 valence electrons. The van der Waals surface area contributed by atoms with Gasteiger partial charge in [-0.25, -0.2) is 4.98 Å². The minimum atomic E-state index is -0.171. The smallest absolute Gasteiger partial charge is 0.273 e. The Morgan fingerprint density at radius 1 is 1.61 bits per heavy atom. The molecule has 1 aliphatic heterocycles. The van der Waals surface area contributed by atoms with Gasteiger partial charge in [-0.15, -0.1) is 0 Å². The lowest BCUT2D eigenvalue weighted by Gasteiger charge is -2.22. The van der Waals surface area contributed by atoms with E-state index < -0.39 is 0 Å². The zero-order valence-electron chi connectivity index (χ0n) is 11.1. The van der Waals surface area contributed by atoms with Gasteiger partial charge in [-0.05, 0) is 19.3 Å². The highest BCUT2D eigenvalue weighted by Gasteiger charge is 2.31. The van der Waals surface area contributed by atoms with Crippen molar-refractivity contribution in [1.29, 1.82) is 0 Å². The minimum Gasteiger partial charge on any atom is -0.448 e. The van der Waals surface area contributed by atoms with Crippen LogP contribution in [0.15, 0.2) is 10.8 Å². The molecular formula is C13H20N2O3. The third-order valence-electron chi connectivity index (χ3n) is 3.41. The van der Waals surface area contributed by atoms with Crippen molar-refractivity contribution in [3.8, 4) is 0 Å². The van der Waals surface area contributed by atoms with Crippen molar-refractivity contribution in [2.75, 3.05) is 13.2 Å². The van der Waals surface area contributed by atoms with Gasteiger partial charge in [-0.1, -0.05) is 13.8 Å². The molecule has 1 amide bonds. The Bertz CT molecular complexity index is 414. The summed E-state index contributed by atoms with van der Waals surface area (Å²) in [6.07, 6.45) is 2.53. The Hall–Kier alpha value is -1.36. The lowest BCUT2D eigenvalue weighted by molar-refractivity contribution is 0.0533. The van der Waals surface area contributed by atoms with Gasteiger partial charge in [0.05, 0.1) is 6.10 Å². The molecule has 2 atom stereocenters. The van der Waals surface area contributed by atoms with Crippen molar-refractivity contribution >= 4 is 5.91 Å². The number of aryl methyl sites for hydroxylation is 1. The molecule has 1 fully saturated rings. The third-order valence-corrected chi connectivity index (χ3v) is 3.41. The van der Waals surface area contributed by atoms with Crippen LogP contribution in [0.2, 0.25) is 0 Å². The highest BCUT2D eigenvalue weighted by molar-refractivity contribution is 5.93. The van der Waals surface area contributed by atoms with E-state index in [9.17, 15) is 4.79 Å². The predicted octanol–water partition coefficient (Wildman–Crippen LogP) is 1.77. The molecule has 0 spiro atoms. The number of hydrogen-bond donors (Lipinski definition) is 1. The molecule has 0 aromatic carbocycles. The monoisotopic (exact) mass is 252 g/mol. The number of ether oxygens (including phenoxy) is 1. The van der Waals surface area contributed by atoms with Crippen LogP contribution in [-0.4, -0.2) is 30.1 Å². The molecule has 0 radical (unpaired) electrons. The fourth-order valence-electron chi connectivity index (χ4n) is 2.44. The van der Waals surface area contributed by atoms with Crippen LogP contribution in [0.1, 0.15) is 36.5 Å². The summed E-state index contributed by atoms with van der Waals surface area (Å²) in [5, 5.41) is 2.91. The second-order valence-corrected chi connectivity index (χ2v) is 5.10. The summed E-state index contributed by atoms with van der Waals surface area (Å²) in [7, 11) is 0. The van der Waals surface area contributed by atoms with E-state index in [1.807, 2.05) is 0 Å². The Morgan fingerprint density at radius 2 is 2.39 bits per heavy atom. The Morgan fingerprint density at radius 3 is 3.00 bits per heavy atom. The van der Waals surface area contributed by atoms with E-state index in [4.69, 9.17) is 9.15 Å². The standard InChI is InChI=1S/C13H20N2O3/c1-8(2)12-10(4-5-17-12)6-14-13(16)11-9(3)18-7-15-11/h7-8,10,12H,4-6H2,1-3H3,(H,14,16)/t10-,12-/m1/s1. The van der Waals surface area contributed by atoms with Crippen LogP contribution in [0.5, 0.6) is 0 Å². The van der Waals surface area contributed by atoms with Crippen LogP contribution in [0.25, 0.3) is 0 Å². The third kappa shape index (κ3) is 2.72. The fraction of sp³-hybridized carbons (Fsp3) is 0.692. The molecule has 1 aromatic rings. The van der Waals surface area contributed by atoms with Crippen molar-refractivity contribution in [2.45, 2.75) is 33.3 Å². The molecule has 2 heterocycles. The van der Waals surface area contributed by atoms with E-state index in [1.165, 1.54) is 6.39 Å². The van der Waals surface area contributed by atoms with Gasteiger partial charge in [-0.3, -0.25) is 4.79 Å². The molecule has 18 heavy (non-hydrogen) atoms. The van der Waals surface area contributed by atoms with Crippen LogP contribution in [0.4, 0.5) is 0 Å². The van der Waals surface area contributed by atoms with Gasteiger partial charge in [0.2, 0.25) is 0 Å². The number of amides is 1. The SMILES string of the molecule is Cc1ocnc1C(=O)NC[C@H]1CCO[C@@H]1C(C)C. The number of rotatable bonds is 4. The van der Waals surface area contributed by atoms with Gasteiger partial charge in [0.1, 0.15) is 5.76 Å². The van der Waals surface area contributed by atoms with E-state index >= 15 is 0 Å². The lowest BCUT2D eigenvalue weighted by Crippen LogP contribution is -2.35. The fourth-order valence-corrected chi connectivity index (χ4v) is 2.44. The van der Waals surface area contributed by atoms with Gasteiger partial charge in [0.15, 0.2) is 12.1 Å². The Balaban J connectivity index is 1.88. The first-order chi connectivity index (χ1) is 8.59. The lowest BCUT2D eigenvalue weighted by atomic mass is 9.93. The molecule has 1 aliphatic rings. The maximum absolute atomic E-state index is 11.9. The van der Waals surface area contributed by atoms with Gasteiger partial charge in [-0.2, -0.15) is 0 Å². The summed E-state index contributed by atoms with van der Waals surface area (Å²) in [6.45, 7) is 7.44. The van der Waals surface area contributed by atoms with Gasteiger partial charge in [0, 0.05) is 19.1 Å². The number of hydrogen-bond acceptors (Lipinski definition) is 4. The average Bonchev–Trinajstić information content (AvgIpc) is 2.94. The number of carbonyl (C=O) groups excluding carboxylic acids is 1. The normalized spacial score (nSPS) is 23.6. The largest absolute Gasteiger partial charge is 0.448 e. The number of carbonyl (C=O) groups is 1.